The normalized spacial score (nSPS) is 12.1. The molecule has 0 aliphatic carbocycles. The molecule has 3 aromatic rings. The van der Waals surface area contributed by atoms with Gasteiger partial charge in [0.15, 0.2) is 5.82 Å². The van der Waals surface area contributed by atoms with Gasteiger partial charge in [-0.3, -0.25) is 9.78 Å². The van der Waals surface area contributed by atoms with Crippen molar-refractivity contribution in [1.82, 2.24) is 19.5 Å². The van der Waals surface area contributed by atoms with Crippen LogP contribution in [0.2, 0.25) is 0 Å². The first kappa shape index (κ1) is 22.6. The summed E-state index contributed by atoms with van der Waals surface area (Å²) in [5.74, 6) is 0.714. The van der Waals surface area contributed by atoms with Crippen molar-refractivity contribution < 1.29 is 14.6 Å². The van der Waals surface area contributed by atoms with Gasteiger partial charge in [0.05, 0.1) is 43.8 Å². The second-order valence-electron chi connectivity index (χ2n) is 7.11. The van der Waals surface area contributed by atoms with Crippen LogP contribution in [0.5, 0.6) is 5.88 Å². The molecule has 0 spiro atoms. The quantitative estimate of drug-likeness (QED) is 0.449. The molecule has 2 N–H and O–H groups in total. The minimum absolute atomic E-state index is 0.0864. The molecular formula is C22H29N5O4. The molecule has 0 amide bonds. The molecular weight excluding hydrogens is 398 g/mol. The molecule has 9 nitrogen and oxygen atoms in total. The monoisotopic (exact) mass is 427 g/mol. The Kier molecular flexibility index (Phi) is 7.91. The van der Waals surface area contributed by atoms with Gasteiger partial charge in [0.1, 0.15) is 5.52 Å². The highest BCUT2D eigenvalue weighted by Gasteiger charge is 2.15. The number of aromatic nitrogens is 4. The fourth-order valence-electron chi connectivity index (χ4n) is 3.14. The van der Waals surface area contributed by atoms with E-state index in [2.05, 4.69) is 20.3 Å². The smallest absolute Gasteiger partial charge is 0.293 e. The van der Waals surface area contributed by atoms with Gasteiger partial charge in [-0.25, -0.2) is 9.97 Å². The van der Waals surface area contributed by atoms with Crippen LogP contribution in [0.1, 0.15) is 26.7 Å². The first-order chi connectivity index (χ1) is 15.1. The number of methoxy groups -OCH3 is 1. The van der Waals surface area contributed by atoms with E-state index in [1.54, 1.807) is 30.1 Å². The SMILES string of the molecule is CCCOCCn1c(=O)c(N[C@@H](CC)CO)nc2cnc(-c3ccc(OC)nc3)cc21. The van der Waals surface area contributed by atoms with Crippen LogP contribution < -0.4 is 15.6 Å². The van der Waals surface area contributed by atoms with Gasteiger partial charge in [-0.15, -0.1) is 0 Å². The lowest BCUT2D eigenvalue weighted by Crippen LogP contribution is -2.32. The second kappa shape index (κ2) is 10.8. The molecule has 0 aromatic carbocycles. The van der Waals surface area contributed by atoms with Crippen molar-refractivity contribution in [2.45, 2.75) is 39.3 Å². The van der Waals surface area contributed by atoms with Crippen molar-refractivity contribution in [3.05, 3.63) is 40.9 Å². The van der Waals surface area contributed by atoms with Gasteiger partial charge in [-0.1, -0.05) is 13.8 Å². The summed E-state index contributed by atoms with van der Waals surface area (Å²) in [6.45, 7) is 5.31. The predicted molar refractivity (Wildman–Crippen MR) is 119 cm³/mol. The van der Waals surface area contributed by atoms with Gasteiger partial charge < -0.3 is 24.5 Å². The number of nitrogens with one attached hydrogen (secondary N) is 1. The first-order valence-corrected chi connectivity index (χ1v) is 10.5. The van der Waals surface area contributed by atoms with Gasteiger partial charge >= 0.3 is 0 Å². The van der Waals surface area contributed by atoms with Crippen LogP contribution in [0.4, 0.5) is 5.82 Å². The average molecular weight is 428 g/mol. The van der Waals surface area contributed by atoms with E-state index in [1.165, 1.54) is 0 Å². The largest absolute Gasteiger partial charge is 0.481 e. The molecule has 3 rings (SSSR count). The minimum atomic E-state index is -0.260. The molecule has 0 radical (unpaired) electrons. The zero-order valence-corrected chi connectivity index (χ0v) is 18.2. The molecule has 0 aliphatic heterocycles. The molecule has 0 unspecified atom stereocenters. The molecule has 0 fully saturated rings. The van der Waals surface area contributed by atoms with Gasteiger partial charge in [0.25, 0.3) is 5.56 Å². The van der Waals surface area contributed by atoms with E-state index in [0.717, 1.165) is 12.0 Å². The van der Waals surface area contributed by atoms with Crippen molar-refractivity contribution >= 4 is 16.9 Å². The van der Waals surface area contributed by atoms with Crippen LogP contribution in [-0.2, 0) is 11.3 Å². The van der Waals surface area contributed by atoms with E-state index in [4.69, 9.17) is 9.47 Å². The lowest BCUT2D eigenvalue weighted by atomic mass is 10.2. The molecule has 0 bridgehead atoms. The van der Waals surface area contributed by atoms with E-state index in [9.17, 15) is 9.90 Å². The maximum atomic E-state index is 13.2. The summed E-state index contributed by atoms with van der Waals surface area (Å²) in [5, 5.41) is 12.6. The number of nitrogens with zero attached hydrogens (tertiary/aromatic N) is 4. The number of aliphatic hydroxyl groups excluding tert-OH is 1. The number of fused-ring (bicyclic) bond motifs is 1. The molecule has 166 valence electrons. The molecule has 3 aromatic heterocycles. The third kappa shape index (κ3) is 5.36. The molecule has 0 saturated heterocycles. The Labute approximate surface area is 181 Å². The second-order valence-corrected chi connectivity index (χ2v) is 7.11. The van der Waals surface area contributed by atoms with E-state index in [-0.39, 0.29) is 24.0 Å². The highest BCUT2D eigenvalue weighted by molar-refractivity contribution is 5.80. The van der Waals surface area contributed by atoms with Gasteiger partial charge in [0.2, 0.25) is 5.88 Å². The fraction of sp³-hybridized carbons (Fsp3) is 0.455. The maximum absolute atomic E-state index is 13.2. The number of hydrogen-bond acceptors (Lipinski definition) is 8. The van der Waals surface area contributed by atoms with Crippen LogP contribution in [-0.4, -0.2) is 57.6 Å². The summed E-state index contributed by atoms with van der Waals surface area (Å²) in [6.07, 6.45) is 4.89. The van der Waals surface area contributed by atoms with Crippen LogP contribution in [0.25, 0.3) is 22.3 Å². The average Bonchev–Trinajstić information content (AvgIpc) is 2.81. The minimum Gasteiger partial charge on any atom is -0.481 e. The lowest BCUT2D eigenvalue weighted by Gasteiger charge is -2.17. The van der Waals surface area contributed by atoms with Crippen LogP contribution in [0.3, 0.4) is 0 Å². The van der Waals surface area contributed by atoms with Crippen LogP contribution >= 0.6 is 0 Å². The summed E-state index contributed by atoms with van der Waals surface area (Å²) in [7, 11) is 1.56. The van der Waals surface area contributed by atoms with Crippen molar-refractivity contribution in [1.29, 1.82) is 0 Å². The number of pyridine rings is 2. The van der Waals surface area contributed by atoms with Gasteiger partial charge in [-0.2, -0.15) is 0 Å². The summed E-state index contributed by atoms with van der Waals surface area (Å²) < 4.78 is 12.4. The van der Waals surface area contributed by atoms with Gasteiger partial charge in [0, 0.05) is 31.0 Å². The van der Waals surface area contributed by atoms with Crippen molar-refractivity contribution in [3.8, 4) is 17.1 Å². The van der Waals surface area contributed by atoms with E-state index >= 15 is 0 Å². The summed E-state index contributed by atoms with van der Waals surface area (Å²) in [4.78, 5) is 26.4. The highest BCUT2D eigenvalue weighted by atomic mass is 16.5. The Morgan fingerprint density at radius 3 is 2.68 bits per heavy atom. The Morgan fingerprint density at radius 2 is 2.03 bits per heavy atom. The fourth-order valence-corrected chi connectivity index (χ4v) is 3.14. The Bertz CT molecular complexity index is 1050. The zero-order chi connectivity index (χ0) is 22.2. The summed E-state index contributed by atoms with van der Waals surface area (Å²) >= 11 is 0. The number of aliphatic hydroxyl groups is 1. The molecule has 3 heterocycles. The lowest BCUT2D eigenvalue weighted by molar-refractivity contribution is 0.127. The first-order valence-electron chi connectivity index (χ1n) is 10.5. The molecule has 31 heavy (non-hydrogen) atoms. The summed E-state index contributed by atoms with van der Waals surface area (Å²) in [5.41, 5.74) is 2.46. The van der Waals surface area contributed by atoms with Crippen molar-refractivity contribution in [2.24, 2.45) is 0 Å². The number of anilines is 1. The maximum Gasteiger partial charge on any atom is 0.293 e. The molecule has 1 atom stereocenters. The molecule has 9 heteroatoms. The van der Waals surface area contributed by atoms with Crippen molar-refractivity contribution in [2.75, 3.05) is 32.2 Å². The van der Waals surface area contributed by atoms with Crippen molar-refractivity contribution in [3.63, 3.8) is 0 Å². The number of hydrogen-bond donors (Lipinski definition) is 2. The van der Waals surface area contributed by atoms with E-state index < -0.39 is 0 Å². The third-order valence-electron chi connectivity index (χ3n) is 4.94. The highest BCUT2D eigenvalue weighted by Crippen LogP contribution is 2.22. The molecule has 0 aliphatic rings. The van der Waals surface area contributed by atoms with Crippen LogP contribution in [0, 0.1) is 0 Å². The zero-order valence-electron chi connectivity index (χ0n) is 18.2. The predicted octanol–water partition coefficient (Wildman–Crippen LogP) is 2.47. The van der Waals surface area contributed by atoms with Gasteiger partial charge in [-0.05, 0) is 25.0 Å². The van der Waals surface area contributed by atoms with Crippen LogP contribution in [0.15, 0.2) is 35.4 Å². The Hall–Kier alpha value is -3.04. The Morgan fingerprint density at radius 1 is 1.19 bits per heavy atom. The summed E-state index contributed by atoms with van der Waals surface area (Å²) in [6, 6.07) is 5.21. The number of rotatable bonds is 11. The third-order valence-corrected chi connectivity index (χ3v) is 4.94. The number of ether oxygens (including phenoxy) is 2. The van der Waals surface area contributed by atoms with E-state index in [1.807, 2.05) is 26.0 Å². The topological polar surface area (TPSA) is 111 Å². The molecule has 0 saturated carbocycles. The van der Waals surface area contributed by atoms with E-state index in [0.29, 0.717) is 48.8 Å². The standard InChI is InChI=1S/C22H29N5O4/c1-4-9-31-10-8-27-19-11-17(15-6-7-20(30-3)24-12-15)23-13-18(19)26-21(22(27)29)25-16(5-2)14-28/h6-7,11-13,16,28H,4-5,8-10,14H2,1-3H3,(H,25,26)/t16-/m0/s1. The Balaban J connectivity index is 2.05.